The zero-order chi connectivity index (χ0) is 17.2. The number of benzene rings is 3. The highest BCUT2D eigenvalue weighted by Crippen LogP contribution is 2.32. The Hall–Kier alpha value is -2.37. The summed E-state index contributed by atoms with van der Waals surface area (Å²) >= 11 is 3.22. The molecule has 0 aliphatic rings. The van der Waals surface area contributed by atoms with Crippen LogP contribution in [0.25, 0.3) is 21.0 Å². The highest BCUT2D eigenvalue weighted by atomic mass is 32.2. The van der Waals surface area contributed by atoms with E-state index in [4.69, 9.17) is 0 Å². The van der Waals surface area contributed by atoms with E-state index in [2.05, 4.69) is 11.1 Å². The lowest BCUT2D eigenvalue weighted by molar-refractivity contribution is 0.0987. The molecule has 3 aromatic carbocycles. The number of aromatic nitrogens is 1. The van der Waals surface area contributed by atoms with Crippen LogP contribution >= 0.6 is 23.1 Å². The Balaban J connectivity index is 1.46. The summed E-state index contributed by atoms with van der Waals surface area (Å²) in [7, 11) is 0. The van der Waals surface area contributed by atoms with E-state index in [1.54, 1.807) is 29.2 Å². The predicted molar refractivity (Wildman–Crippen MR) is 105 cm³/mol. The van der Waals surface area contributed by atoms with Gasteiger partial charge in [-0.3, -0.25) is 4.79 Å². The van der Waals surface area contributed by atoms with Crippen LogP contribution in [0.3, 0.4) is 0 Å². The fourth-order valence-corrected chi connectivity index (χ4v) is 4.84. The average Bonchev–Trinajstić information content (AvgIpc) is 3.05. The van der Waals surface area contributed by atoms with E-state index >= 15 is 0 Å². The molecular formula is C20H15NO2S2. The van der Waals surface area contributed by atoms with Crippen molar-refractivity contribution in [3.8, 4) is 5.75 Å². The number of aromatic hydroxyl groups is 1. The molecule has 0 atom stereocenters. The molecule has 0 aliphatic heterocycles. The van der Waals surface area contributed by atoms with Gasteiger partial charge in [0.05, 0.1) is 15.8 Å². The number of carbonyl (C=O) groups excluding carboxylic acids is 1. The first kappa shape index (κ1) is 16.1. The number of thioether (sulfide) groups is 1. The fourth-order valence-electron chi connectivity index (χ4n) is 2.76. The molecule has 0 saturated heterocycles. The third-order valence-corrected chi connectivity index (χ3v) is 6.21. The molecule has 0 amide bonds. The summed E-state index contributed by atoms with van der Waals surface area (Å²) in [6.45, 7) is 0. The topological polar surface area (TPSA) is 50.2 Å². The van der Waals surface area contributed by atoms with Gasteiger partial charge in [-0.05, 0) is 23.6 Å². The van der Waals surface area contributed by atoms with E-state index in [0.29, 0.717) is 23.1 Å². The molecule has 0 spiro atoms. The summed E-state index contributed by atoms with van der Waals surface area (Å²) < 4.78 is 2.13. The number of phenols is 1. The summed E-state index contributed by atoms with van der Waals surface area (Å²) in [6.07, 6.45) is 0.368. The van der Waals surface area contributed by atoms with Crippen LogP contribution in [0.5, 0.6) is 5.75 Å². The smallest absolute Gasteiger partial charge is 0.167 e. The Kier molecular flexibility index (Phi) is 4.42. The van der Waals surface area contributed by atoms with Gasteiger partial charge in [0.15, 0.2) is 10.1 Å². The molecule has 0 aliphatic carbocycles. The largest absolute Gasteiger partial charge is 0.507 e. The van der Waals surface area contributed by atoms with Crippen LogP contribution in [-0.4, -0.2) is 21.6 Å². The Morgan fingerprint density at radius 3 is 2.72 bits per heavy atom. The summed E-state index contributed by atoms with van der Waals surface area (Å²) in [5.74, 6) is 0.676. The number of nitrogens with zero attached hydrogens (tertiary/aromatic N) is 1. The monoisotopic (exact) mass is 365 g/mol. The summed E-state index contributed by atoms with van der Waals surface area (Å²) in [5, 5.41) is 12.0. The molecule has 0 bridgehead atoms. The zero-order valence-electron chi connectivity index (χ0n) is 13.3. The molecule has 4 aromatic rings. The molecule has 1 aromatic heterocycles. The van der Waals surface area contributed by atoms with Crippen molar-refractivity contribution >= 4 is 49.9 Å². The van der Waals surface area contributed by atoms with Crippen LogP contribution in [0.2, 0.25) is 0 Å². The third-order valence-electron chi connectivity index (χ3n) is 4.03. The molecule has 5 heteroatoms. The van der Waals surface area contributed by atoms with Crippen LogP contribution < -0.4 is 0 Å². The molecule has 4 rings (SSSR count). The lowest BCUT2D eigenvalue weighted by Gasteiger charge is -2.07. The summed E-state index contributed by atoms with van der Waals surface area (Å²) in [5.41, 5.74) is 1.39. The maximum absolute atomic E-state index is 12.5. The zero-order valence-corrected chi connectivity index (χ0v) is 14.9. The van der Waals surface area contributed by atoms with Gasteiger partial charge < -0.3 is 5.11 Å². The van der Waals surface area contributed by atoms with Crippen LogP contribution in [0.4, 0.5) is 0 Å². The minimum absolute atomic E-state index is 0.0446. The van der Waals surface area contributed by atoms with Crippen molar-refractivity contribution in [2.24, 2.45) is 0 Å². The average molecular weight is 365 g/mol. The highest BCUT2D eigenvalue weighted by molar-refractivity contribution is 8.01. The second-order valence-corrected chi connectivity index (χ2v) is 8.02. The maximum atomic E-state index is 12.5. The lowest BCUT2D eigenvalue weighted by Crippen LogP contribution is -2.01. The number of hydrogen-bond acceptors (Lipinski definition) is 5. The Bertz CT molecular complexity index is 1040. The number of phenolic OH excluding ortho intramolecular Hbond substituents is 1. The van der Waals surface area contributed by atoms with Crippen molar-refractivity contribution in [1.29, 1.82) is 0 Å². The van der Waals surface area contributed by atoms with Gasteiger partial charge in [-0.25, -0.2) is 4.98 Å². The molecular weight excluding hydrogens is 350 g/mol. The van der Waals surface area contributed by atoms with E-state index < -0.39 is 0 Å². The minimum atomic E-state index is -0.0446. The normalized spacial score (nSPS) is 11.2. The molecule has 0 fully saturated rings. The second-order valence-electron chi connectivity index (χ2n) is 5.65. The Labute approximate surface area is 153 Å². The number of Topliss-reactive ketones (excluding diaryl/α,β-unsaturated/α-hetero) is 1. The van der Waals surface area contributed by atoms with Crippen molar-refractivity contribution in [1.82, 2.24) is 4.98 Å². The van der Waals surface area contributed by atoms with Gasteiger partial charge in [0.25, 0.3) is 0 Å². The number of fused-ring (bicyclic) bond motifs is 2. The van der Waals surface area contributed by atoms with Crippen LogP contribution in [0.15, 0.2) is 65.0 Å². The molecule has 0 radical (unpaired) electrons. The van der Waals surface area contributed by atoms with Crippen LogP contribution in [0, 0.1) is 0 Å². The number of thiazole rings is 1. The standard InChI is InChI=1S/C20H15NO2S2/c22-17(15-10-9-13-5-1-2-6-14(13)19(15)23)11-12-24-20-21-16-7-3-4-8-18(16)25-20/h1-10,23H,11-12H2. The Morgan fingerprint density at radius 2 is 1.84 bits per heavy atom. The third kappa shape index (κ3) is 3.25. The van der Waals surface area contributed by atoms with Crippen LogP contribution in [-0.2, 0) is 0 Å². The van der Waals surface area contributed by atoms with Gasteiger partial charge in [0.2, 0.25) is 0 Å². The lowest BCUT2D eigenvalue weighted by atomic mass is 10.0. The molecule has 0 saturated carbocycles. The number of carbonyl (C=O) groups is 1. The van der Waals surface area contributed by atoms with E-state index in [-0.39, 0.29) is 11.5 Å². The first-order valence-electron chi connectivity index (χ1n) is 7.94. The van der Waals surface area contributed by atoms with Crippen molar-refractivity contribution in [2.75, 3.05) is 5.75 Å². The maximum Gasteiger partial charge on any atom is 0.167 e. The fraction of sp³-hybridized carbons (Fsp3) is 0.100. The van der Waals surface area contributed by atoms with Gasteiger partial charge >= 0.3 is 0 Å². The predicted octanol–water partition coefficient (Wildman–Crippen LogP) is 5.52. The van der Waals surface area contributed by atoms with Crippen molar-refractivity contribution in [3.63, 3.8) is 0 Å². The van der Waals surface area contributed by atoms with Gasteiger partial charge in [-0.2, -0.15) is 0 Å². The molecule has 25 heavy (non-hydrogen) atoms. The van der Waals surface area contributed by atoms with E-state index in [9.17, 15) is 9.90 Å². The summed E-state index contributed by atoms with van der Waals surface area (Å²) in [6, 6.07) is 19.1. The molecule has 3 nitrogen and oxygen atoms in total. The first-order valence-corrected chi connectivity index (χ1v) is 9.75. The van der Waals surface area contributed by atoms with E-state index in [1.165, 1.54) is 0 Å². The Morgan fingerprint density at radius 1 is 1.04 bits per heavy atom. The number of hydrogen-bond donors (Lipinski definition) is 1. The number of ketones is 1. The van der Waals surface area contributed by atoms with E-state index in [0.717, 1.165) is 19.9 Å². The quantitative estimate of drug-likeness (QED) is 0.374. The number of para-hydroxylation sites is 1. The molecule has 1 N–H and O–H groups in total. The molecule has 1 heterocycles. The van der Waals surface area contributed by atoms with Gasteiger partial charge in [0, 0.05) is 17.6 Å². The van der Waals surface area contributed by atoms with Gasteiger partial charge in [-0.15, -0.1) is 11.3 Å². The minimum Gasteiger partial charge on any atom is -0.507 e. The van der Waals surface area contributed by atoms with Crippen molar-refractivity contribution in [3.05, 3.63) is 66.2 Å². The molecule has 0 unspecified atom stereocenters. The number of rotatable bonds is 5. The van der Waals surface area contributed by atoms with Crippen LogP contribution in [0.1, 0.15) is 16.8 Å². The van der Waals surface area contributed by atoms with Crippen molar-refractivity contribution in [2.45, 2.75) is 10.8 Å². The summed E-state index contributed by atoms with van der Waals surface area (Å²) in [4.78, 5) is 17.0. The van der Waals surface area contributed by atoms with Crippen molar-refractivity contribution < 1.29 is 9.90 Å². The van der Waals surface area contributed by atoms with Gasteiger partial charge in [-0.1, -0.05) is 54.2 Å². The molecule has 124 valence electrons. The SMILES string of the molecule is O=C(CCSc1nc2ccccc2s1)c1ccc2ccccc2c1O. The first-order chi connectivity index (χ1) is 12.2. The second kappa shape index (κ2) is 6.86. The van der Waals surface area contributed by atoms with E-state index in [1.807, 2.05) is 48.5 Å². The highest BCUT2D eigenvalue weighted by Gasteiger charge is 2.14. The van der Waals surface area contributed by atoms with Gasteiger partial charge in [0.1, 0.15) is 5.75 Å².